The molecule has 19 heavy (non-hydrogen) atoms. The molecule has 1 fully saturated rings. The average molecular weight is 329 g/mol. The number of hydrogen-bond acceptors (Lipinski definition) is 4. The number of hydrogen-bond donors (Lipinski definition) is 1. The van der Waals surface area contributed by atoms with Gasteiger partial charge in [0.15, 0.2) is 6.29 Å². The minimum absolute atomic E-state index is 0.116. The third kappa shape index (κ3) is 4.89. The Hall–Kier alpha value is -0.980. The molecule has 0 radical (unpaired) electrons. The molecule has 2 rings (SSSR count). The third-order valence-electron chi connectivity index (χ3n) is 2.78. The molecule has 5 nitrogen and oxygen atoms in total. The van der Waals surface area contributed by atoms with Gasteiger partial charge >= 0.3 is 0 Å². The van der Waals surface area contributed by atoms with Crippen LogP contribution >= 0.6 is 15.9 Å². The van der Waals surface area contributed by atoms with Crippen LogP contribution in [0.3, 0.4) is 0 Å². The number of nitrogens with one attached hydrogen (secondary N) is 1. The van der Waals surface area contributed by atoms with Gasteiger partial charge < -0.3 is 14.8 Å². The van der Waals surface area contributed by atoms with E-state index in [1.165, 1.54) is 0 Å². The van der Waals surface area contributed by atoms with Crippen LogP contribution in [0, 0.1) is 0 Å². The first-order valence-electron chi connectivity index (χ1n) is 6.38. The largest absolute Gasteiger partial charge is 0.353 e. The van der Waals surface area contributed by atoms with Crippen molar-refractivity contribution in [1.82, 2.24) is 10.3 Å². The first-order valence-corrected chi connectivity index (χ1v) is 7.18. The molecule has 1 aliphatic heterocycles. The fourth-order valence-electron chi connectivity index (χ4n) is 1.82. The molecule has 0 aromatic carbocycles. The second kappa shape index (κ2) is 7.57. The zero-order valence-corrected chi connectivity index (χ0v) is 12.2. The van der Waals surface area contributed by atoms with Gasteiger partial charge in [-0.1, -0.05) is 15.9 Å². The Balaban J connectivity index is 1.66. The summed E-state index contributed by atoms with van der Waals surface area (Å²) >= 11 is 3.30. The molecule has 0 aliphatic carbocycles. The number of carbonyl (C=O) groups is 1. The summed E-state index contributed by atoms with van der Waals surface area (Å²) < 4.78 is 11.8. The number of ether oxygens (including phenoxy) is 2. The van der Waals surface area contributed by atoms with Crippen molar-refractivity contribution in [2.24, 2.45) is 0 Å². The van der Waals surface area contributed by atoms with Crippen LogP contribution < -0.4 is 5.32 Å². The van der Waals surface area contributed by atoms with Crippen LogP contribution in [0.15, 0.2) is 22.8 Å². The molecule has 0 spiro atoms. The normalized spacial score (nSPS) is 19.1. The highest BCUT2D eigenvalue weighted by atomic mass is 79.9. The summed E-state index contributed by atoms with van der Waals surface area (Å²) in [6.45, 7) is 1.66. The van der Waals surface area contributed by atoms with Crippen molar-refractivity contribution >= 4 is 21.8 Å². The number of rotatable bonds is 5. The Morgan fingerprint density at radius 1 is 1.58 bits per heavy atom. The Morgan fingerprint density at radius 3 is 3.21 bits per heavy atom. The van der Waals surface area contributed by atoms with Crippen molar-refractivity contribution in [1.29, 1.82) is 0 Å². The Bertz CT molecular complexity index is 422. The molecule has 1 saturated heterocycles. The number of amides is 1. The Labute approximate surface area is 120 Å². The topological polar surface area (TPSA) is 60.5 Å². The van der Waals surface area contributed by atoms with Crippen LogP contribution in [0.5, 0.6) is 0 Å². The average Bonchev–Trinajstić information content (AvgIpc) is 2.44. The monoisotopic (exact) mass is 328 g/mol. The van der Waals surface area contributed by atoms with Crippen molar-refractivity contribution in [3.05, 3.63) is 28.5 Å². The van der Waals surface area contributed by atoms with Crippen molar-refractivity contribution < 1.29 is 14.3 Å². The van der Waals surface area contributed by atoms with Crippen molar-refractivity contribution in [2.45, 2.75) is 25.6 Å². The molecule has 104 valence electrons. The second-order valence-corrected chi connectivity index (χ2v) is 5.20. The summed E-state index contributed by atoms with van der Waals surface area (Å²) in [4.78, 5) is 15.8. The van der Waals surface area contributed by atoms with Crippen molar-refractivity contribution in [3.8, 4) is 0 Å². The minimum atomic E-state index is -0.200. The highest BCUT2D eigenvalue weighted by molar-refractivity contribution is 9.10. The van der Waals surface area contributed by atoms with Gasteiger partial charge in [-0.3, -0.25) is 9.78 Å². The lowest BCUT2D eigenvalue weighted by molar-refractivity contribution is -0.161. The maximum absolute atomic E-state index is 11.8. The highest BCUT2D eigenvalue weighted by Crippen LogP contribution is 2.13. The maximum atomic E-state index is 11.8. The summed E-state index contributed by atoms with van der Waals surface area (Å²) in [5.41, 5.74) is 0.392. The molecule has 1 unspecified atom stereocenters. The van der Waals surface area contributed by atoms with Gasteiger partial charge in [0.25, 0.3) is 5.91 Å². The summed E-state index contributed by atoms with van der Waals surface area (Å²) in [6.07, 6.45) is 4.64. The van der Waals surface area contributed by atoms with Crippen LogP contribution in [0.25, 0.3) is 0 Å². The molecular formula is C13H17BrN2O3. The first kappa shape index (κ1) is 14.4. The SMILES string of the molecule is O=C(NCCOC1CCCCO1)c1cc(Br)ccn1. The summed E-state index contributed by atoms with van der Waals surface area (Å²) in [5.74, 6) is -0.200. The van der Waals surface area contributed by atoms with Crippen LogP contribution in [0.4, 0.5) is 0 Å². The van der Waals surface area contributed by atoms with Crippen molar-refractivity contribution in [2.75, 3.05) is 19.8 Å². The van der Waals surface area contributed by atoms with Crippen molar-refractivity contribution in [3.63, 3.8) is 0 Å². The van der Waals surface area contributed by atoms with Crippen LogP contribution in [-0.2, 0) is 9.47 Å². The Morgan fingerprint density at radius 2 is 2.47 bits per heavy atom. The summed E-state index contributed by atoms with van der Waals surface area (Å²) in [6, 6.07) is 3.46. The van der Waals surface area contributed by atoms with Gasteiger partial charge in [-0.15, -0.1) is 0 Å². The molecule has 1 atom stereocenters. The predicted octanol–water partition coefficient (Wildman–Crippen LogP) is 2.12. The fourth-order valence-corrected chi connectivity index (χ4v) is 2.15. The molecule has 1 N–H and O–H groups in total. The van der Waals surface area contributed by atoms with Gasteiger partial charge in [-0.05, 0) is 31.4 Å². The van der Waals surface area contributed by atoms with Crippen LogP contribution in [-0.4, -0.2) is 36.9 Å². The molecule has 1 aromatic rings. The maximum Gasteiger partial charge on any atom is 0.269 e. The van der Waals surface area contributed by atoms with E-state index in [1.54, 1.807) is 18.3 Å². The van der Waals surface area contributed by atoms with Gasteiger partial charge in [0.05, 0.1) is 6.61 Å². The standard InChI is InChI=1S/C13H17BrN2O3/c14-10-4-5-15-11(9-10)13(17)16-6-8-19-12-3-1-2-7-18-12/h4-5,9,12H,1-3,6-8H2,(H,16,17). The highest BCUT2D eigenvalue weighted by Gasteiger charge is 2.14. The molecule has 2 heterocycles. The number of carbonyl (C=O) groups excluding carboxylic acids is 1. The number of nitrogens with zero attached hydrogens (tertiary/aromatic N) is 1. The lowest BCUT2D eigenvalue weighted by Crippen LogP contribution is -2.31. The predicted molar refractivity (Wildman–Crippen MR) is 73.8 cm³/mol. The third-order valence-corrected chi connectivity index (χ3v) is 3.28. The molecule has 1 aromatic heterocycles. The van der Waals surface area contributed by atoms with E-state index in [0.29, 0.717) is 18.8 Å². The van der Waals surface area contributed by atoms with E-state index >= 15 is 0 Å². The first-order chi connectivity index (χ1) is 9.25. The molecule has 0 bridgehead atoms. The minimum Gasteiger partial charge on any atom is -0.353 e. The summed E-state index contributed by atoms with van der Waals surface area (Å²) in [5, 5.41) is 2.76. The van der Waals surface area contributed by atoms with Gasteiger partial charge in [-0.2, -0.15) is 0 Å². The van der Waals surface area contributed by atoms with Gasteiger partial charge in [0, 0.05) is 23.8 Å². The van der Waals surface area contributed by atoms with E-state index in [-0.39, 0.29) is 12.2 Å². The quantitative estimate of drug-likeness (QED) is 0.841. The molecule has 0 saturated carbocycles. The van der Waals surface area contributed by atoms with Gasteiger partial charge in [-0.25, -0.2) is 0 Å². The molecule has 6 heteroatoms. The molecule has 1 aliphatic rings. The number of aromatic nitrogens is 1. The van der Waals surface area contributed by atoms with Gasteiger partial charge in [0.2, 0.25) is 0 Å². The van der Waals surface area contributed by atoms with Crippen LogP contribution in [0.1, 0.15) is 29.8 Å². The molecular weight excluding hydrogens is 312 g/mol. The van der Waals surface area contributed by atoms with E-state index in [9.17, 15) is 4.79 Å². The van der Waals surface area contributed by atoms with E-state index < -0.39 is 0 Å². The zero-order valence-electron chi connectivity index (χ0n) is 10.6. The summed E-state index contributed by atoms with van der Waals surface area (Å²) in [7, 11) is 0. The van der Waals surface area contributed by atoms with E-state index in [1.807, 2.05) is 0 Å². The van der Waals surface area contributed by atoms with Crippen LogP contribution in [0.2, 0.25) is 0 Å². The lowest BCUT2D eigenvalue weighted by atomic mass is 10.2. The number of halogens is 1. The second-order valence-electron chi connectivity index (χ2n) is 4.28. The fraction of sp³-hybridized carbons (Fsp3) is 0.538. The van der Waals surface area contributed by atoms with E-state index in [0.717, 1.165) is 30.3 Å². The van der Waals surface area contributed by atoms with E-state index in [4.69, 9.17) is 9.47 Å². The lowest BCUT2D eigenvalue weighted by Gasteiger charge is -2.22. The van der Waals surface area contributed by atoms with E-state index in [2.05, 4.69) is 26.2 Å². The zero-order chi connectivity index (χ0) is 13.5. The Kier molecular flexibility index (Phi) is 5.75. The number of pyridine rings is 1. The van der Waals surface area contributed by atoms with Gasteiger partial charge in [0.1, 0.15) is 5.69 Å². The smallest absolute Gasteiger partial charge is 0.269 e. The molecule has 1 amide bonds.